The Balaban J connectivity index is 1.38. The van der Waals surface area contributed by atoms with Crippen molar-refractivity contribution in [3.8, 4) is 5.75 Å². The van der Waals surface area contributed by atoms with Gasteiger partial charge in [0.05, 0.1) is 0 Å². The van der Waals surface area contributed by atoms with Crippen molar-refractivity contribution in [1.82, 2.24) is 10.2 Å². The van der Waals surface area contributed by atoms with Gasteiger partial charge in [-0.1, -0.05) is 11.6 Å². The average molecular weight is 521 g/mol. The summed E-state index contributed by atoms with van der Waals surface area (Å²) in [6, 6.07) is 7.36. The van der Waals surface area contributed by atoms with Crippen LogP contribution in [0.25, 0.3) is 0 Å². The van der Waals surface area contributed by atoms with Crippen LogP contribution in [0.2, 0.25) is 5.02 Å². The van der Waals surface area contributed by atoms with E-state index in [2.05, 4.69) is 5.32 Å². The summed E-state index contributed by atoms with van der Waals surface area (Å²) in [6.45, 7) is 2.94. The predicted molar refractivity (Wildman–Crippen MR) is 125 cm³/mol. The maximum atomic E-state index is 12.7. The van der Waals surface area contributed by atoms with E-state index in [0.717, 1.165) is 10.5 Å². The van der Waals surface area contributed by atoms with Crippen LogP contribution in [0.1, 0.15) is 28.8 Å². The highest BCUT2D eigenvalue weighted by Gasteiger charge is 2.54. The van der Waals surface area contributed by atoms with Crippen molar-refractivity contribution in [2.45, 2.75) is 31.9 Å². The molecule has 1 aromatic carbocycles. The zero-order valence-corrected chi connectivity index (χ0v) is 20.3. The number of halogens is 1. The fourth-order valence-corrected chi connectivity index (χ4v) is 5.25. The minimum absolute atomic E-state index is 0.00645. The van der Waals surface area contributed by atoms with Gasteiger partial charge in [0, 0.05) is 23.3 Å². The molecule has 2 amide bonds. The van der Waals surface area contributed by atoms with Gasteiger partial charge in [0.15, 0.2) is 5.76 Å². The number of rotatable bonds is 8. The summed E-state index contributed by atoms with van der Waals surface area (Å²) in [5, 5.41) is 12.2. The molecule has 2 aliphatic heterocycles. The number of nitrogens with zero attached hydrogens (tertiary/aromatic N) is 1. The highest BCUT2D eigenvalue weighted by atomic mass is 35.5. The number of furan rings is 1. The molecule has 2 N–H and O–H groups in total. The molecule has 10 nitrogen and oxygen atoms in total. The van der Waals surface area contributed by atoms with E-state index >= 15 is 0 Å². The molecule has 0 unspecified atom stereocenters. The number of aliphatic carboxylic acids is 1. The van der Waals surface area contributed by atoms with E-state index in [-0.39, 0.29) is 30.4 Å². The predicted octanol–water partition coefficient (Wildman–Crippen LogP) is 2.74. The summed E-state index contributed by atoms with van der Waals surface area (Å²) < 4.78 is 16.2. The van der Waals surface area contributed by atoms with Gasteiger partial charge >= 0.3 is 11.9 Å². The van der Waals surface area contributed by atoms with E-state index < -0.39 is 35.2 Å². The number of carbonyl (C=O) groups excluding carboxylic acids is 3. The molecule has 2 aromatic rings. The summed E-state index contributed by atoms with van der Waals surface area (Å²) >= 11 is 7.22. The van der Waals surface area contributed by atoms with E-state index in [1.165, 1.54) is 24.8 Å². The maximum Gasteiger partial charge on any atom is 0.352 e. The van der Waals surface area contributed by atoms with Gasteiger partial charge in [-0.15, -0.1) is 11.8 Å². The largest absolute Gasteiger partial charge is 0.485 e. The smallest absolute Gasteiger partial charge is 0.352 e. The summed E-state index contributed by atoms with van der Waals surface area (Å²) in [7, 11) is 0. The van der Waals surface area contributed by atoms with Crippen molar-refractivity contribution in [2.24, 2.45) is 0 Å². The third-order valence-corrected chi connectivity index (χ3v) is 6.95. The van der Waals surface area contributed by atoms with E-state index in [0.29, 0.717) is 22.1 Å². The quantitative estimate of drug-likeness (QED) is 0.397. The van der Waals surface area contributed by atoms with Crippen molar-refractivity contribution in [3.63, 3.8) is 0 Å². The lowest BCUT2D eigenvalue weighted by Crippen LogP contribution is -2.70. The number of β-lactam (4-membered cyclic amide) rings is 1. The zero-order valence-electron chi connectivity index (χ0n) is 18.7. The lowest BCUT2D eigenvalue weighted by molar-refractivity contribution is -0.149. The van der Waals surface area contributed by atoms with Crippen molar-refractivity contribution in [2.75, 3.05) is 12.4 Å². The minimum Gasteiger partial charge on any atom is -0.485 e. The highest BCUT2D eigenvalue weighted by Crippen LogP contribution is 2.40. The van der Waals surface area contributed by atoms with Gasteiger partial charge < -0.3 is 24.3 Å². The Morgan fingerprint density at radius 2 is 2.03 bits per heavy atom. The van der Waals surface area contributed by atoms with Crippen molar-refractivity contribution >= 4 is 47.1 Å². The minimum atomic E-state index is -1.30. The van der Waals surface area contributed by atoms with Gasteiger partial charge in [0.1, 0.15) is 41.8 Å². The van der Waals surface area contributed by atoms with Gasteiger partial charge in [-0.05, 0) is 42.8 Å². The molecule has 2 aliphatic rings. The number of aryl methyl sites for hydroxylation is 1. The highest BCUT2D eigenvalue weighted by molar-refractivity contribution is 8.00. The van der Waals surface area contributed by atoms with Gasteiger partial charge in [0.2, 0.25) is 0 Å². The van der Waals surface area contributed by atoms with E-state index in [9.17, 15) is 24.3 Å². The normalized spacial score (nSPS) is 19.1. The molecule has 0 spiro atoms. The fourth-order valence-electron chi connectivity index (χ4n) is 3.70. The van der Waals surface area contributed by atoms with Crippen LogP contribution in [-0.2, 0) is 25.7 Å². The molecule has 4 rings (SSSR count). The maximum absolute atomic E-state index is 12.7. The number of nitrogens with one attached hydrogen (secondary N) is 1. The van der Waals surface area contributed by atoms with Crippen molar-refractivity contribution in [1.29, 1.82) is 0 Å². The van der Waals surface area contributed by atoms with Gasteiger partial charge in [0.25, 0.3) is 11.8 Å². The second-order valence-corrected chi connectivity index (χ2v) is 9.40. The van der Waals surface area contributed by atoms with E-state index in [1.807, 2.05) is 6.92 Å². The molecule has 2 atom stereocenters. The fraction of sp³-hybridized carbons (Fsp3) is 0.304. The number of carbonyl (C=O) groups is 4. The molecule has 184 valence electrons. The van der Waals surface area contributed by atoms with Gasteiger partial charge in [-0.2, -0.15) is 0 Å². The number of benzene rings is 1. The van der Waals surface area contributed by atoms with Crippen molar-refractivity contribution < 1.29 is 38.2 Å². The molecule has 3 heterocycles. The Hall–Kier alpha value is -3.44. The molecule has 1 fully saturated rings. The zero-order chi connectivity index (χ0) is 25.3. The summed E-state index contributed by atoms with van der Waals surface area (Å²) in [5.74, 6) is -1.77. The topological polar surface area (TPSA) is 135 Å². The molecular weight excluding hydrogens is 500 g/mol. The molecular formula is C23H21ClN2O8S. The van der Waals surface area contributed by atoms with Crippen LogP contribution in [0, 0.1) is 6.92 Å². The average Bonchev–Trinajstić information content (AvgIpc) is 3.28. The first-order chi connectivity index (χ1) is 16.7. The Morgan fingerprint density at radius 1 is 1.26 bits per heavy atom. The molecule has 1 aromatic heterocycles. The number of hydrogen-bond donors (Lipinski definition) is 2. The second kappa shape index (κ2) is 10.0. The molecule has 0 saturated carbocycles. The first-order valence-corrected chi connectivity index (χ1v) is 11.9. The number of carboxylic acid groups (broad SMARTS) is 1. The number of carboxylic acids is 1. The molecule has 0 bridgehead atoms. The van der Waals surface area contributed by atoms with E-state index in [4.69, 9.17) is 25.5 Å². The van der Waals surface area contributed by atoms with Crippen LogP contribution < -0.4 is 10.1 Å². The third kappa shape index (κ3) is 5.15. The Morgan fingerprint density at radius 3 is 2.71 bits per heavy atom. The lowest BCUT2D eigenvalue weighted by atomic mass is 10.0. The number of amides is 2. The summed E-state index contributed by atoms with van der Waals surface area (Å²) in [5.41, 5.74) is 0.949. The third-order valence-electron chi connectivity index (χ3n) is 5.38. The molecule has 0 radical (unpaired) electrons. The monoisotopic (exact) mass is 520 g/mol. The first kappa shape index (κ1) is 24.7. The molecule has 35 heavy (non-hydrogen) atoms. The van der Waals surface area contributed by atoms with Crippen LogP contribution >= 0.6 is 23.4 Å². The number of hydrogen-bond acceptors (Lipinski definition) is 8. The summed E-state index contributed by atoms with van der Waals surface area (Å²) in [4.78, 5) is 49.4. The second-order valence-electron chi connectivity index (χ2n) is 7.86. The summed E-state index contributed by atoms with van der Waals surface area (Å²) in [6.07, 6.45) is 0. The van der Waals surface area contributed by atoms with Crippen LogP contribution in [0.15, 0.2) is 46.0 Å². The van der Waals surface area contributed by atoms with Crippen LogP contribution in [-0.4, -0.2) is 57.5 Å². The van der Waals surface area contributed by atoms with Crippen LogP contribution in [0.5, 0.6) is 5.75 Å². The first-order valence-electron chi connectivity index (χ1n) is 10.5. The number of ether oxygens (including phenoxy) is 2. The number of thioether (sulfide) groups is 1. The van der Waals surface area contributed by atoms with Crippen LogP contribution in [0.3, 0.4) is 0 Å². The standard InChI is InChI=1S/C23H21ClN2O8S/c1-11-7-14(24)3-5-16(11)33-9-15-4-6-17(34-15)20(28)25-18-21(29)26-19(23(30)31)13(8-32-12(2)27)10-35-22(18)26/h3-7,18,22H,8-10H2,1-2H3,(H,25,28)(H,30,31)/t18-,22+/m0/s1. The Kier molecular flexibility index (Phi) is 7.08. The molecule has 12 heteroatoms. The molecule has 0 aliphatic carbocycles. The molecule has 1 saturated heterocycles. The van der Waals surface area contributed by atoms with Crippen LogP contribution in [0.4, 0.5) is 0 Å². The van der Waals surface area contributed by atoms with E-state index in [1.54, 1.807) is 24.3 Å². The Labute approximate surface area is 209 Å². The SMILES string of the molecule is CC(=O)OCC1=C(C(=O)O)N2C(=O)[C@H](NC(=O)c3ccc(COc4ccc(Cl)cc4C)o3)[C@H]2SC1. The van der Waals surface area contributed by atoms with Gasteiger partial charge in [-0.3, -0.25) is 19.3 Å². The Bertz CT molecular complexity index is 1240. The van der Waals surface area contributed by atoms with Crippen molar-refractivity contribution in [3.05, 3.63) is 63.7 Å². The van der Waals surface area contributed by atoms with Gasteiger partial charge in [-0.25, -0.2) is 4.79 Å². The number of fused-ring (bicyclic) bond motifs is 1. The lowest BCUT2D eigenvalue weighted by Gasteiger charge is -2.49. The number of esters is 1.